The Labute approximate surface area is 120 Å². The minimum Gasteiger partial charge on any atom is -0.378 e. The van der Waals surface area contributed by atoms with Crippen molar-refractivity contribution in [3.63, 3.8) is 0 Å². The maximum Gasteiger partial charge on any atom is 0.239 e. The fourth-order valence-electron chi connectivity index (χ4n) is 2.67. The number of ether oxygens (including phenoxy) is 1. The Morgan fingerprint density at radius 1 is 1.25 bits per heavy atom. The van der Waals surface area contributed by atoms with Gasteiger partial charge in [0.15, 0.2) is 0 Å². The molecule has 0 radical (unpaired) electrons. The van der Waals surface area contributed by atoms with Gasteiger partial charge in [0.1, 0.15) is 0 Å². The van der Waals surface area contributed by atoms with E-state index in [4.69, 9.17) is 10.5 Å². The monoisotopic (exact) mass is 285 g/mol. The summed E-state index contributed by atoms with van der Waals surface area (Å²) in [5.74, 6) is 0.121. The van der Waals surface area contributed by atoms with Gasteiger partial charge >= 0.3 is 0 Å². The highest BCUT2D eigenvalue weighted by molar-refractivity contribution is 5.85. The topological polar surface area (TPSA) is 93.5 Å². The summed E-state index contributed by atoms with van der Waals surface area (Å²) in [5.41, 5.74) is 5.14. The van der Waals surface area contributed by atoms with E-state index in [1.165, 1.54) is 25.7 Å². The molecular weight excluding hydrogens is 258 g/mol. The third kappa shape index (κ3) is 6.34. The third-order valence-electron chi connectivity index (χ3n) is 3.69. The second kappa shape index (κ2) is 9.72. The Hall–Kier alpha value is -1.14. The lowest BCUT2D eigenvalue weighted by Gasteiger charge is -2.23. The van der Waals surface area contributed by atoms with Gasteiger partial charge in [-0.1, -0.05) is 12.8 Å². The van der Waals surface area contributed by atoms with Gasteiger partial charge < -0.3 is 21.1 Å². The Balaban J connectivity index is 2.19. The van der Waals surface area contributed by atoms with E-state index >= 15 is 0 Å². The van der Waals surface area contributed by atoms with E-state index in [1.807, 2.05) is 6.92 Å². The summed E-state index contributed by atoms with van der Waals surface area (Å²) in [6.45, 7) is 3.18. The average Bonchev–Trinajstić information content (AvgIpc) is 2.97. The van der Waals surface area contributed by atoms with Crippen LogP contribution in [0, 0.1) is 5.92 Å². The molecule has 0 aromatic carbocycles. The van der Waals surface area contributed by atoms with E-state index in [2.05, 4.69) is 10.6 Å². The number of nitrogens with two attached hydrogens (primary N) is 1. The van der Waals surface area contributed by atoms with Crippen molar-refractivity contribution in [1.29, 1.82) is 0 Å². The Kier molecular flexibility index (Phi) is 8.22. The molecule has 6 nitrogen and oxygen atoms in total. The van der Waals surface area contributed by atoms with Crippen LogP contribution in [0.4, 0.5) is 0 Å². The summed E-state index contributed by atoms with van der Waals surface area (Å²) in [6, 6.07) is 0. The molecule has 1 unspecified atom stereocenters. The molecular formula is C14H27N3O3. The smallest absolute Gasteiger partial charge is 0.239 e. The first-order valence-corrected chi connectivity index (χ1v) is 7.52. The molecule has 0 aliphatic heterocycles. The van der Waals surface area contributed by atoms with Crippen molar-refractivity contribution < 1.29 is 14.3 Å². The van der Waals surface area contributed by atoms with Crippen molar-refractivity contribution >= 4 is 11.8 Å². The maximum absolute atomic E-state index is 11.5. The molecule has 0 heterocycles. The molecule has 0 spiro atoms. The van der Waals surface area contributed by atoms with Crippen LogP contribution in [-0.2, 0) is 14.3 Å². The zero-order chi connectivity index (χ0) is 14.8. The van der Waals surface area contributed by atoms with E-state index in [1.54, 1.807) is 0 Å². The molecule has 0 aromatic heterocycles. The predicted octanol–water partition coefficient (Wildman–Crippen LogP) is 0.163. The molecule has 0 saturated heterocycles. The van der Waals surface area contributed by atoms with Crippen LogP contribution in [0.5, 0.6) is 0 Å². The first-order chi connectivity index (χ1) is 9.67. The summed E-state index contributed by atoms with van der Waals surface area (Å²) in [4.78, 5) is 22.4. The molecule has 4 N–H and O–H groups in total. The molecule has 1 aliphatic rings. The van der Waals surface area contributed by atoms with Gasteiger partial charge in [0, 0.05) is 13.2 Å². The lowest BCUT2D eigenvalue weighted by Crippen LogP contribution is -2.40. The molecule has 1 atom stereocenters. The SMILES string of the molecule is CCOC(CCNC(=O)CNC(=O)CN)C1CCCC1. The number of nitrogens with one attached hydrogen (secondary N) is 2. The van der Waals surface area contributed by atoms with Gasteiger partial charge in [-0.15, -0.1) is 0 Å². The molecule has 116 valence electrons. The first kappa shape index (κ1) is 16.9. The fraction of sp³-hybridized carbons (Fsp3) is 0.857. The fourth-order valence-corrected chi connectivity index (χ4v) is 2.67. The molecule has 1 rings (SSSR count). The van der Waals surface area contributed by atoms with Gasteiger partial charge in [0.25, 0.3) is 0 Å². The minimum atomic E-state index is -0.321. The number of carbonyl (C=O) groups is 2. The van der Waals surface area contributed by atoms with E-state index in [9.17, 15) is 9.59 Å². The molecule has 1 saturated carbocycles. The quantitative estimate of drug-likeness (QED) is 0.562. The van der Waals surface area contributed by atoms with Gasteiger partial charge in [-0.25, -0.2) is 0 Å². The minimum absolute atomic E-state index is 0.0151. The molecule has 0 bridgehead atoms. The number of hydrogen-bond acceptors (Lipinski definition) is 4. The zero-order valence-corrected chi connectivity index (χ0v) is 12.3. The van der Waals surface area contributed by atoms with Crippen molar-refractivity contribution in [2.24, 2.45) is 11.7 Å². The number of carbonyl (C=O) groups excluding carboxylic acids is 2. The third-order valence-corrected chi connectivity index (χ3v) is 3.69. The van der Waals surface area contributed by atoms with Crippen LogP contribution in [0.3, 0.4) is 0 Å². The highest BCUT2D eigenvalue weighted by Gasteiger charge is 2.25. The summed E-state index contributed by atoms with van der Waals surface area (Å²) >= 11 is 0. The molecule has 2 amide bonds. The van der Waals surface area contributed by atoms with Crippen molar-refractivity contribution in [3.8, 4) is 0 Å². The summed E-state index contributed by atoms with van der Waals surface area (Å²) in [6.07, 6.45) is 6.09. The largest absolute Gasteiger partial charge is 0.378 e. The predicted molar refractivity (Wildman–Crippen MR) is 77.1 cm³/mol. The van der Waals surface area contributed by atoms with Gasteiger partial charge in [0.2, 0.25) is 11.8 Å². The van der Waals surface area contributed by atoms with Crippen LogP contribution in [0.2, 0.25) is 0 Å². The molecule has 1 fully saturated rings. The number of amides is 2. The molecule has 20 heavy (non-hydrogen) atoms. The van der Waals surface area contributed by atoms with Crippen LogP contribution in [0.1, 0.15) is 39.0 Å². The summed E-state index contributed by atoms with van der Waals surface area (Å²) in [7, 11) is 0. The first-order valence-electron chi connectivity index (χ1n) is 7.52. The lowest BCUT2D eigenvalue weighted by molar-refractivity contribution is -0.125. The second-order valence-electron chi connectivity index (χ2n) is 5.16. The van der Waals surface area contributed by atoms with Crippen LogP contribution in [0.25, 0.3) is 0 Å². The van der Waals surface area contributed by atoms with Crippen molar-refractivity contribution in [2.45, 2.75) is 45.1 Å². The molecule has 0 aromatic rings. The highest BCUT2D eigenvalue weighted by Crippen LogP contribution is 2.30. The Morgan fingerprint density at radius 3 is 2.55 bits per heavy atom. The van der Waals surface area contributed by atoms with Gasteiger partial charge in [-0.3, -0.25) is 9.59 Å². The Bertz CT molecular complexity index is 304. The van der Waals surface area contributed by atoms with Crippen LogP contribution < -0.4 is 16.4 Å². The lowest BCUT2D eigenvalue weighted by atomic mass is 9.98. The zero-order valence-electron chi connectivity index (χ0n) is 12.3. The van der Waals surface area contributed by atoms with Crippen molar-refractivity contribution in [1.82, 2.24) is 10.6 Å². The van der Waals surface area contributed by atoms with Crippen LogP contribution in [-0.4, -0.2) is 44.2 Å². The van der Waals surface area contributed by atoms with Crippen LogP contribution in [0.15, 0.2) is 0 Å². The van der Waals surface area contributed by atoms with E-state index in [0.29, 0.717) is 19.1 Å². The second-order valence-corrected chi connectivity index (χ2v) is 5.16. The maximum atomic E-state index is 11.5. The van der Waals surface area contributed by atoms with Crippen molar-refractivity contribution in [2.75, 3.05) is 26.2 Å². The van der Waals surface area contributed by atoms with E-state index < -0.39 is 0 Å². The summed E-state index contributed by atoms with van der Waals surface area (Å²) < 4.78 is 5.79. The van der Waals surface area contributed by atoms with Gasteiger partial charge in [-0.2, -0.15) is 0 Å². The standard InChI is InChI=1S/C14H27N3O3/c1-2-20-12(11-5-3-4-6-11)7-8-16-14(19)10-17-13(18)9-15/h11-12H,2-10,15H2,1H3,(H,16,19)(H,17,18). The molecule has 1 aliphatic carbocycles. The number of hydrogen-bond donors (Lipinski definition) is 3. The van der Waals surface area contributed by atoms with Gasteiger partial charge in [0.05, 0.1) is 19.2 Å². The van der Waals surface area contributed by atoms with E-state index in [0.717, 1.165) is 6.42 Å². The van der Waals surface area contributed by atoms with Crippen LogP contribution >= 0.6 is 0 Å². The van der Waals surface area contributed by atoms with Gasteiger partial charge in [-0.05, 0) is 32.1 Å². The van der Waals surface area contributed by atoms with Crippen molar-refractivity contribution in [3.05, 3.63) is 0 Å². The average molecular weight is 285 g/mol. The normalized spacial score (nSPS) is 16.9. The van der Waals surface area contributed by atoms with E-state index in [-0.39, 0.29) is 31.0 Å². The Morgan fingerprint density at radius 2 is 1.95 bits per heavy atom. The highest BCUT2D eigenvalue weighted by atomic mass is 16.5. The number of rotatable bonds is 9. The molecule has 6 heteroatoms. The summed E-state index contributed by atoms with van der Waals surface area (Å²) in [5, 5.41) is 5.24.